The number of fused-ring (bicyclic) bond motifs is 1. The van der Waals surface area contributed by atoms with E-state index >= 15 is 0 Å². The van der Waals surface area contributed by atoms with E-state index in [1.807, 2.05) is 0 Å². The first kappa shape index (κ1) is 20.1. The van der Waals surface area contributed by atoms with E-state index in [1.165, 1.54) is 30.3 Å². The molecule has 0 fully saturated rings. The molecule has 3 aromatic rings. The van der Waals surface area contributed by atoms with E-state index in [-0.39, 0.29) is 28.6 Å². The number of allylic oxidation sites excluding steroid dienone is 1. The second-order valence-corrected chi connectivity index (χ2v) is 7.40. The predicted molar refractivity (Wildman–Crippen MR) is 112 cm³/mol. The van der Waals surface area contributed by atoms with Crippen LogP contribution in [0.3, 0.4) is 0 Å². The summed E-state index contributed by atoms with van der Waals surface area (Å²) < 4.78 is 24.4. The second kappa shape index (κ2) is 7.94. The maximum atomic E-state index is 13.3. The molecule has 0 spiro atoms. The summed E-state index contributed by atoms with van der Waals surface area (Å²) in [5.41, 5.74) is 1.45. The van der Waals surface area contributed by atoms with Gasteiger partial charge in [0.05, 0.1) is 11.1 Å². The Morgan fingerprint density at radius 1 is 1.07 bits per heavy atom. The highest BCUT2D eigenvalue weighted by Crippen LogP contribution is 2.39. The van der Waals surface area contributed by atoms with Crippen molar-refractivity contribution in [2.45, 2.75) is 6.92 Å². The van der Waals surface area contributed by atoms with Crippen molar-refractivity contribution in [1.82, 2.24) is 0 Å². The number of Topliss-reactive ketones (excluding diaryl/α,β-unsaturated/α-hetero) is 1. The smallest absolute Gasteiger partial charge is 0.343 e. The lowest BCUT2D eigenvalue weighted by Crippen LogP contribution is -2.09. The van der Waals surface area contributed by atoms with Crippen molar-refractivity contribution in [2.24, 2.45) is 0 Å². The summed E-state index contributed by atoms with van der Waals surface area (Å²) in [5.74, 6) is -1.13. The Bertz CT molecular complexity index is 1210. The van der Waals surface area contributed by atoms with E-state index in [1.54, 1.807) is 31.2 Å². The number of ketones is 1. The highest BCUT2D eigenvalue weighted by molar-refractivity contribution is 6.37. The van der Waals surface area contributed by atoms with Crippen LogP contribution >= 0.6 is 23.2 Å². The van der Waals surface area contributed by atoms with Crippen molar-refractivity contribution in [1.29, 1.82) is 0 Å². The standard InChI is InChI=1S/C23H13Cl2FO4/c1-12-8-15(29-23(28)13-4-2-5-14(26)9-13)10-19-21(12)22(27)20(30-19)11-16-17(24)6-3-7-18(16)25/h2-11H,1H3/b20-11-. The molecule has 0 aromatic heterocycles. The molecule has 150 valence electrons. The zero-order valence-corrected chi connectivity index (χ0v) is 17.1. The lowest BCUT2D eigenvalue weighted by molar-refractivity contribution is 0.0734. The summed E-state index contributed by atoms with van der Waals surface area (Å²) in [6.07, 6.45) is 1.48. The van der Waals surface area contributed by atoms with Gasteiger partial charge in [0, 0.05) is 21.7 Å². The fraction of sp³-hybridized carbons (Fsp3) is 0.0435. The Labute approximate surface area is 181 Å². The van der Waals surface area contributed by atoms with Gasteiger partial charge >= 0.3 is 5.97 Å². The first-order valence-corrected chi connectivity index (χ1v) is 9.60. The Balaban J connectivity index is 1.64. The molecule has 4 rings (SSSR count). The third-order valence-electron chi connectivity index (χ3n) is 4.49. The van der Waals surface area contributed by atoms with E-state index < -0.39 is 11.8 Å². The van der Waals surface area contributed by atoms with E-state index in [0.717, 1.165) is 6.07 Å². The minimum Gasteiger partial charge on any atom is -0.452 e. The van der Waals surface area contributed by atoms with Crippen LogP contribution in [0.1, 0.15) is 31.8 Å². The summed E-state index contributed by atoms with van der Waals surface area (Å²) in [6.45, 7) is 1.70. The number of aryl methyl sites for hydroxylation is 1. The lowest BCUT2D eigenvalue weighted by Gasteiger charge is -2.08. The van der Waals surface area contributed by atoms with Gasteiger partial charge in [-0.1, -0.05) is 35.3 Å². The number of halogens is 3. The highest BCUT2D eigenvalue weighted by atomic mass is 35.5. The highest BCUT2D eigenvalue weighted by Gasteiger charge is 2.30. The molecule has 0 bridgehead atoms. The predicted octanol–water partition coefficient (Wildman–Crippen LogP) is 6.28. The van der Waals surface area contributed by atoms with Gasteiger partial charge in [-0.3, -0.25) is 4.79 Å². The molecule has 0 saturated carbocycles. The number of benzene rings is 3. The van der Waals surface area contributed by atoms with Gasteiger partial charge in [0.2, 0.25) is 5.78 Å². The van der Waals surface area contributed by atoms with Gasteiger partial charge in [-0.25, -0.2) is 9.18 Å². The molecule has 1 aliphatic heterocycles. The average molecular weight is 443 g/mol. The van der Waals surface area contributed by atoms with Crippen molar-refractivity contribution in [3.8, 4) is 11.5 Å². The molecule has 0 radical (unpaired) electrons. The number of ether oxygens (including phenoxy) is 2. The maximum Gasteiger partial charge on any atom is 0.343 e. The zero-order valence-electron chi connectivity index (χ0n) is 15.5. The molecule has 1 heterocycles. The fourth-order valence-electron chi connectivity index (χ4n) is 3.10. The molecule has 0 N–H and O–H groups in total. The lowest BCUT2D eigenvalue weighted by atomic mass is 10.0. The molecule has 4 nitrogen and oxygen atoms in total. The number of carbonyl (C=O) groups excluding carboxylic acids is 2. The number of hydrogen-bond donors (Lipinski definition) is 0. The summed E-state index contributed by atoms with van der Waals surface area (Å²) in [6, 6.07) is 13.2. The van der Waals surface area contributed by atoms with Crippen molar-refractivity contribution in [2.75, 3.05) is 0 Å². The molecule has 0 unspecified atom stereocenters. The maximum absolute atomic E-state index is 13.3. The van der Waals surface area contributed by atoms with Crippen LogP contribution in [0.4, 0.5) is 4.39 Å². The fourth-order valence-corrected chi connectivity index (χ4v) is 3.60. The minimum atomic E-state index is -0.725. The molecular formula is C23H13Cl2FO4. The van der Waals surface area contributed by atoms with E-state index in [0.29, 0.717) is 26.7 Å². The Morgan fingerprint density at radius 2 is 1.77 bits per heavy atom. The minimum absolute atomic E-state index is 0.0525. The SMILES string of the molecule is Cc1cc(OC(=O)c2cccc(F)c2)cc2c1C(=O)/C(=C/c1c(Cl)cccc1Cl)O2. The Hall–Kier alpha value is -3.15. The van der Waals surface area contributed by atoms with E-state index in [9.17, 15) is 14.0 Å². The topological polar surface area (TPSA) is 52.6 Å². The van der Waals surface area contributed by atoms with Crippen molar-refractivity contribution < 1.29 is 23.5 Å². The largest absolute Gasteiger partial charge is 0.452 e. The molecule has 7 heteroatoms. The van der Waals surface area contributed by atoms with Crippen LogP contribution in [0.25, 0.3) is 6.08 Å². The molecular weight excluding hydrogens is 430 g/mol. The number of hydrogen-bond acceptors (Lipinski definition) is 4. The molecule has 3 aromatic carbocycles. The van der Waals surface area contributed by atoms with Gasteiger partial charge in [0.1, 0.15) is 17.3 Å². The number of rotatable bonds is 3. The summed E-state index contributed by atoms with van der Waals surface area (Å²) in [7, 11) is 0. The first-order chi connectivity index (χ1) is 14.3. The van der Waals surface area contributed by atoms with Crippen LogP contribution in [0, 0.1) is 12.7 Å². The third-order valence-corrected chi connectivity index (χ3v) is 5.15. The Morgan fingerprint density at radius 3 is 2.47 bits per heavy atom. The zero-order chi connectivity index (χ0) is 21.4. The van der Waals surface area contributed by atoms with Crippen LogP contribution in [0.2, 0.25) is 10.0 Å². The molecule has 0 amide bonds. The number of carbonyl (C=O) groups is 2. The van der Waals surface area contributed by atoms with Gasteiger partial charge in [0.25, 0.3) is 0 Å². The van der Waals surface area contributed by atoms with Gasteiger partial charge in [-0.2, -0.15) is 0 Å². The molecule has 0 saturated heterocycles. The van der Waals surface area contributed by atoms with E-state index in [4.69, 9.17) is 32.7 Å². The first-order valence-electron chi connectivity index (χ1n) is 8.84. The number of esters is 1. The summed E-state index contributed by atoms with van der Waals surface area (Å²) in [5, 5.41) is 0.757. The van der Waals surface area contributed by atoms with Gasteiger partial charge in [-0.15, -0.1) is 0 Å². The van der Waals surface area contributed by atoms with Gasteiger partial charge in [-0.05, 0) is 55.0 Å². The molecule has 1 aliphatic rings. The van der Waals surface area contributed by atoms with Crippen LogP contribution in [-0.4, -0.2) is 11.8 Å². The molecule has 0 atom stereocenters. The van der Waals surface area contributed by atoms with Crippen LogP contribution in [0.15, 0.2) is 60.4 Å². The van der Waals surface area contributed by atoms with Crippen LogP contribution < -0.4 is 9.47 Å². The third kappa shape index (κ3) is 3.82. The average Bonchev–Trinajstić information content (AvgIpc) is 3.00. The normalized spacial score (nSPS) is 13.9. The summed E-state index contributed by atoms with van der Waals surface area (Å²) in [4.78, 5) is 25.1. The second-order valence-electron chi connectivity index (χ2n) is 6.59. The van der Waals surface area contributed by atoms with Crippen LogP contribution in [-0.2, 0) is 0 Å². The molecule has 0 aliphatic carbocycles. The van der Waals surface area contributed by atoms with E-state index in [2.05, 4.69) is 0 Å². The van der Waals surface area contributed by atoms with Crippen molar-refractivity contribution in [3.05, 3.63) is 98.5 Å². The van der Waals surface area contributed by atoms with Crippen molar-refractivity contribution in [3.63, 3.8) is 0 Å². The Kier molecular flexibility index (Phi) is 5.33. The summed E-state index contributed by atoms with van der Waals surface area (Å²) >= 11 is 12.3. The van der Waals surface area contributed by atoms with Gasteiger partial charge < -0.3 is 9.47 Å². The molecule has 30 heavy (non-hydrogen) atoms. The van der Waals surface area contributed by atoms with Gasteiger partial charge in [0.15, 0.2) is 5.76 Å². The van der Waals surface area contributed by atoms with Crippen LogP contribution in [0.5, 0.6) is 11.5 Å². The monoisotopic (exact) mass is 442 g/mol. The van der Waals surface area contributed by atoms with Crippen molar-refractivity contribution >= 4 is 41.0 Å². The quantitative estimate of drug-likeness (QED) is 0.272.